The molecule has 140 valence electrons. The maximum absolute atomic E-state index is 14.0. The predicted octanol–water partition coefficient (Wildman–Crippen LogP) is 3.01. The second-order valence-corrected chi connectivity index (χ2v) is 7.76. The fourth-order valence-corrected chi connectivity index (χ4v) is 4.52. The molecule has 0 bridgehead atoms. The third kappa shape index (κ3) is 4.64. The molecule has 0 aliphatic carbocycles. The van der Waals surface area contributed by atoms with Crippen molar-refractivity contribution >= 4 is 11.6 Å². The Kier molecular flexibility index (Phi) is 6.55. The average Bonchev–Trinajstić information content (AvgIpc) is 2.97. The number of rotatable bonds is 6. The van der Waals surface area contributed by atoms with Crippen LogP contribution in [0.4, 0.5) is 4.39 Å². The van der Waals surface area contributed by atoms with Crippen molar-refractivity contribution in [2.45, 2.75) is 25.8 Å². The molecule has 2 fully saturated rings. The lowest BCUT2D eigenvalue weighted by Gasteiger charge is -2.30. The van der Waals surface area contributed by atoms with E-state index >= 15 is 0 Å². The lowest BCUT2D eigenvalue weighted by molar-refractivity contribution is 0.149. The van der Waals surface area contributed by atoms with E-state index in [9.17, 15) is 9.50 Å². The zero-order valence-electron chi connectivity index (χ0n) is 14.9. The number of likely N-dealkylation sites (tertiary alicyclic amines) is 2. The number of hydrogen-bond acceptors (Lipinski definition) is 4. The molecule has 2 unspecified atom stereocenters. The summed E-state index contributed by atoms with van der Waals surface area (Å²) in [5, 5.41) is 10.1. The Morgan fingerprint density at radius 2 is 1.88 bits per heavy atom. The number of halogens is 2. The van der Waals surface area contributed by atoms with Crippen molar-refractivity contribution in [2.24, 2.45) is 11.8 Å². The maximum Gasteiger partial charge on any atom is 0.173 e. The van der Waals surface area contributed by atoms with Crippen LogP contribution < -0.4 is 4.74 Å². The van der Waals surface area contributed by atoms with E-state index in [1.165, 1.54) is 45.5 Å². The van der Waals surface area contributed by atoms with E-state index in [4.69, 9.17) is 16.3 Å². The van der Waals surface area contributed by atoms with E-state index in [2.05, 4.69) is 9.80 Å². The average molecular weight is 371 g/mol. The summed E-state index contributed by atoms with van der Waals surface area (Å²) < 4.78 is 19.0. The number of piperidine rings is 1. The third-order valence-corrected chi connectivity index (χ3v) is 5.78. The fourth-order valence-electron chi connectivity index (χ4n) is 4.21. The molecule has 4 nitrogen and oxygen atoms in total. The van der Waals surface area contributed by atoms with Gasteiger partial charge in [0.15, 0.2) is 11.6 Å². The Morgan fingerprint density at radius 3 is 2.52 bits per heavy atom. The normalized spacial score (nSPS) is 25.4. The van der Waals surface area contributed by atoms with E-state index < -0.39 is 5.82 Å². The summed E-state index contributed by atoms with van der Waals surface area (Å²) in [5.74, 6) is 0.443. The quantitative estimate of drug-likeness (QED) is 0.835. The molecule has 0 radical (unpaired) electrons. The van der Waals surface area contributed by atoms with E-state index in [1.54, 1.807) is 6.07 Å². The minimum Gasteiger partial charge on any atom is -0.492 e. The Balaban J connectivity index is 1.62. The monoisotopic (exact) mass is 370 g/mol. The molecule has 0 spiro atoms. The number of aliphatic hydroxyl groups excluding tert-OH is 1. The Bertz CT molecular complexity index is 558. The van der Waals surface area contributed by atoms with Crippen LogP contribution in [0.5, 0.6) is 5.75 Å². The van der Waals surface area contributed by atoms with Gasteiger partial charge in [-0.05, 0) is 55.5 Å². The lowest BCUT2D eigenvalue weighted by Crippen LogP contribution is -2.37. The Labute approximate surface area is 154 Å². The Hall–Kier alpha value is -0.880. The van der Waals surface area contributed by atoms with Gasteiger partial charge in [-0.1, -0.05) is 18.0 Å². The second-order valence-electron chi connectivity index (χ2n) is 7.35. The first-order chi connectivity index (χ1) is 12.1. The Morgan fingerprint density at radius 1 is 1.16 bits per heavy atom. The minimum atomic E-state index is -0.423. The molecule has 0 aromatic heterocycles. The van der Waals surface area contributed by atoms with Gasteiger partial charge in [0, 0.05) is 32.8 Å². The van der Waals surface area contributed by atoms with Crippen LogP contribution >= 0.6 is 11.6 Å². The van der Waals surface area contributed by atoms with Crippen molar-refractivity contribution < 1.29 is 14.2 Å². The smallest absolute Gasteiger partial charge is 0.173 e. The summed E-state index contributed by atoms with van der Waals surface area (Å²) in [6, 6.07) is 3.27. The zero-order chi connectivity index (χ0) is 17.8. The van der Waals surface area contributed by atoms with Crippen LogP contribution in [0.15, 0.2) is 12.1 Å². The van der Waals surface area contributed by atoms with Crippen LogP contribution in [0.25, 0.3) is 0 Å². The highest BCUT2D eigenvalue weighted by Gasteiger charge is 2.33. The highest BCUT2D eigenvalue weighted by molar-refractivity contribution is 6.32. The molecule has 1 aromatic rings. The number of methoxy groups -OCH3 is 1. The van der Waals surface area contributed by atoms with Crippen molar-refractivity contribution in [1.29, 1.82) is 0 Å². The molecule has 1 N–H and O–H groups in total. The predicted molar refractivity (Wildman–Crippen MR) is 97.6 cm³/mol. The van der Waals surface area contributed by atoms with E-state index in [0.29, 0.717) is 23.4 Å². The van der Waals surface area contributed by atoms with E-state index in [0.717, 1.165) is 25.2 Å². The largest absolute Gasteiger partial charge is 0.492 e. The zero-order valence-corrected chi connectivity index (χ0v) is 15.6. The number of aliphatic hydroxyl groups is 1. The molecule has 2 atom stereocenters. The number of ether oxygens (including phenoxy) is 1. The van der Waals surface area contributed by atoms with Gasteiger partial charge in [-0.15, -0.1) is 0 Å². The highest BCUT2D eigenvalue weighted by Crippen LogP contribution is 2.31. The molecule has 2 heterocycles. The van der Waals surface area contributed by atoms with Gasteiger partial charge in [-0.2, -0.15) is 0 Å². The van der Waals surface area contributed by atoms with Crippen LogP contribution in [0, 0.1) is 17.7 Å². The summed E-state index contributed by atoms with van der Waals surface area (Å²) in [4.78, 5) is 4.83. The lowest BCUT2D eigenvalue weighted by atomic mass is 9.95. The number of benzene rings is 1. The summed E-state index contributed by atoms with van der Waals surface area (Å²) in [6.07, 6.45) is 3.90. The van der Waals surface area contributed by atoms with E-state index in [1.807, 2.05) is 0 Å². The number of hydrogen-bond donors (Lipinski definition) is 1. The van der Waals surface area contributed by atoms with Gasteiger partial charge in [0.05, 0.1) is 12.1 Å². The van der Waals surface area contributed by atoms with Crippen LogP contribution in [-0.2, 0) is 6.54 Å². The van der Waals surface area contributed by atoms with Crippen LogP contribution in [0.2, 0.25) is 5.02 Å². The molecule has 2 aliphatic heterocycles. The van der Waals surface area contributed by atoms with Crippen LogP contribution in [0.3, 0.4) is 0 Å². The molecule has 25 heavy (non-hydrogen) atoms. The van der Waals surface area contributed by atoms with Gasteiger partial charge in [-0.25, -0.2) is 4.39 Å². The van der Waals surface area contributed by atoms with Gasteiger partial charge in [0.25, 0.3) is 0 Å². The van der Waals surface area contributed by atoms with Gasteiger partial charge in [0.2, 0.25) is 0 Å². The molecule has 2 aliphatic rings. The standard InChI is InChI=1S/C19H28ClFN2O2/c1-25-19-17(20)7-14(8-18(19)21)9-23-11-15(16(12-23)13-24)10-22-5-3-2-4-6-22/h7-8,15-16,24H,2-6,9-13H2,1H3. The molecular weight excluding hydrogens is 343 g/mol. The highest BCUT2D eigenvalue weighted by atomic mass is 35.5. The van der Waals surface area contributed by atoms with Crippen LogP contribution in [0.1, 0.15) is 24.8 Å². The molecule has 2 saturated heterocycles. The summed E-state index contributed by atoms with van der Waals surface area (Å²) in [6.45, 7) is 6.05. The van der Waals surface area contributed by atoms with Gasteiger partial charge in [-0.3, -0.25) is 4.90 Å². The summed E-state index contributed by atoms with van der Waals surface area (Å²) in [5.41, 5.74) is 0.846. The van der Waals surface area contributed by atoms with Crippen molar-refractivity contribution in [1.82, 2.24) is 9.80 Å². The van der Waals surface area contributed by atoms with Crippen molar-refractivity contribution in [3.63, 3.8) is 0 Å². The first-order valence-electron chi connectivity index (χ1n) is 9.18. The summed E-state index contributed by atoms with van der Waals surface area (Å²) in [7, 11) is 1.42. The SMILES string of the molecule is COc1c(F)cc(CN2CC(CO)C(CN3CCCCC3)C2)cc1Cl. The molecule has 6 heteroatoms. The molecule has 3 rings (SSSR count). The number of nitrogens with zero attached hydrogens (tertiary/aromatic N) is 2. The third-order valence-electron chi connectivity index (χ3n) is 5.50. The summed E-state index contributed by atoms with van der Waals surface area (Å²) >= 11 is 6.10. The second kappa shape index (κ2) is 8.67. The van der Waals surface area contributed by atoms with Gasteiger partial charge >= 0.3 is 0 Å². The molecule has 1 aromatic carbocycles. The minimum absolute atomic E-state index is 0.100. The first kappa shape index (κ1) is 18.9. The topological polar surface area (TPSA) is 35.9 Å². The maximum atomic E-state index is 14.0. The van der Waals surface area contributed by atoms with E-state index in [-0.39, 0.29) is 12.4 Å². The van der Waals surface area contributed by atoms with Crippen molar-refractivity contribution in [3.05, 3.63) is 28.5 Å². The molecule has 0 saturated carbocycles. The van der Waals surface area contributed by atoms with Crippen molar-refractivity contribution in [2.75, 3.05) is 46.4 Å². The van der Waals surface area contributed by atoms with Crippen molar-refractivity contribution in [3.8, 4) is 5.75 Å². The molecular formula is C19H28ClFN2O2. The van der Waals surface area contributed by atoms with Crippen LogP contribution in [-0.4, -0.2) is 61.3 Å². The first-order valence-corrected chi connectivity index (χ1v) is 9.56. The molecule has 0 amide bonds. The van der Waals surface area contributed by atoms with Gasteiger partial charge in [0.1, 0.15) is 0 Å². The fraction of sp³-hybridized carbons (Fsp3) is 0.684. The van der Waals surface area contributed by atoms with Gasteiger partial charge < -0.3 is 14.7 Å².